The van der Waals surface area contributed by atoms with Crippen molar-refractivity contribution in [3.8, 4) is 0 Å². The molecule has 1 saturated heterocycles. The van der Waals surface area contributed by atoms with Gasteiger partial charge in [0.1, 0.15) is 6.10 Å². The average molecular weight is 277 g/mol. The smallest absolute Gasteiger partial charge is 0.240 e. The van der Waals surface area contributed by atoms with Crippen LogP contribution in [0.1, 0.15) is 31.2 Å². The number of nitrogens with zero attached hydrogens (tertiary/aromatic N) is 3. The molecule has 0 saturated carbocycles. The number of rotatable bonds is 4. The van der Waals surface area contributed by atoms with Gasteiger partial charge in [0.15, 0.2) is 5.82 Å². The van der Waals surface area contributed by atoms with Gasteiger partial charge in [-0.25, -0.2) is 0 Å². The third kappa shape index (κ3) is 4.20. The molecule has 1 unspecified atom stereocenters. The van der Waals surface area contributed by atoms with Crippen molar-refractivity contribution < 1.29 is 9.26 Å². The maximum Gasteiger partial charge on any atom is 0.240 e. The highest BCUT2D eigenvalue weighted by Gasteiger charge is 2.16. The molecule has 6 nitrogen and oxygen atoms in total. The molecule has 0 spiro atoms. The van der Waals surface area contributed by atoms with Crippen LogP contribution in [0.3, 0.4) is 0 Å². The molecule has 2 rings (SSSR count). The molecular formula is C11H21ClN4O2. The summed E-state index contributed by atoms with van der Waals surface area (Å²) in [5, 5.41) is 7.29. The van der Waals surface area contributed by atoms with Gasteiger partial charge in [-0.3, -0.25) is 4.90 Å². The fourth-order valence-electron chi connectivity index (χ4n) is 1.85. The van der Waals surface area contributed by atoms with Gasteiger partial charge in [-0.1, -0.05) is 5.16 Å². The molecule has 7 heteroatoms. The molecular weight excluding hydrogens is 256 g/mol. The molecule has 1 atom stereocenters. The minimum Gasteiger partial charge on any atom is -0.374 e. The zero-order chi connectivity index (χ0) is 12.1. The summed E-state index contributed by atoms with van der Waals surface area (Å²) >= 11 is 0. The Hall–Kier alpha value is -0.690. The van der Waals surface area contributed by atoms with Gasteiger partial charge in [0.25, 0.3) is 0 Å². The molecule has 104 valence electrons. The lowest BCUT2D eigenvalue weighted by Gasteiger charge is -2.16. The van der Waals surface area contributed by atoms with Gasteiger partial charge in [0.2, 0.25) is 5.89 Å². The largest absolute Gasteiger partial charge is 0.374 e. The van der Waals surface area contributed by atoms with Crippen LogP contribution in [-0.2, 0) is 11.3 Å². The van der Waals surface area contributed by atoms with Crippen LogP contribution >= 0.6 is 12.4 Å². The van der Waals surface area contributed by atoms with E-state index in [0.29, 0.717) is 11.7 Å². The highest BCUT2D eigenvalue weighted by atomic mass is 35.5. The van der Waals surface area contributed by atoms with Crippen molar-refractivity contribution in [2.45, 2.75) is 26.0 Å². The Kier molecular flexibility index (Phi) is 6.56. The summed E-state index contributed by atoms with van der Waals surface area (Å²) in [6, 6.07) is 0. The van der Waals surface area contributed by atoms with Gasteiger partial charge in [-0.2, -0.15) is 4.98 Å². The molecule has 0 radical (unpaired) electrons. The monoisotopic (exact) mass is 276 g/mol. The summed E-state index contributed by atoms with van der Waals surface area (Å²) in [7, 11) is 1.64. The molecule has 1 aliphatic rings. The lowest BCUT2D eigenvalue weighted by atomic mass is 10.4. The summed E-state index contributed by atoms with van der Waals surface area (Å²) in [6.45, 7) is 6.85. The molecule has 1 fully saturated rings. The van der Waals surface area contributed by atoms with Crippen LogP contribution in [0.25, 0.3) is 0 Å². The van der Waals surface area contributed by atoms with Crippen LogP contribution in [0.4, 0.5) is 0 Å². The normalized spacial score (nSPS) is 19.0. The first kappa shape index (κ1) is 15.4. The van der Waals surface area contributed by atoms with E-state index in [1.54, 1.807) is 7.11 Å². The predicted molar refractivity (Wildman–Crippen MR) is 69.7 cm³/mol. The molecule has 1 aromatic rings. The van der Waals surface area contributed by atoms with E-state index in [-0.39, 0.29) is 18.5 Å². The van der Waals surface area contributed by atoms with Crippen LogP contribution in [0.15, 0.2) is 4.52 Å². The number of halogens is 1. The summed E-state index contributed by atoms with van der Waals surface area (Å²) in [5.74, 6) is 1.29. The number of ether oxygens (including phenoxy) is 1. The zero-order valence-corrected chi connectivity index (χ0v) is 11.7. The van der Waals surface area contributed by atoms with Crippen molar-refractivity contribution in [1.82, 2.24) is 20.4 Å². The Morgan fingerprint density at radius 2 is 2.28 bits per heavy atom. The highest BCUT2D eigenvalue weighted by molar-refractivity contribution is 5.85. The SMILES string of the molecule is COC(C)c1noc(CN2CCCNCC2)n1.Cl. The first-order valence-corrected chi connectivity index (χ1v) is 6.08. The Bertz CT molecular complexity index is 340. The summed E-state index contributed by atoms with van der Waals surface area (Å²) in [4.78, 5) is 6.67. The van der Waals surface area contributed by atoms with Crippen LogP contribution in [0, 0.1) is 0 Å². The molecule has 0 bridgehead atoms. The van der Waals surface area contributed by atoms with Crippen LogP contribution in [0.2, 0.25) is 0 Å². The second-order valence-electron chi connectivity index (χ2n) is 4.30. The molecule has 0 aliphatic carbocycles. The lowest BCUT2D eigenvalue weighted by molar-refractivity contribution is 0.109. The summed E-state index contributed by atoms with van der Waals surface area (Å²) in [6.07, 6.45) is 1.05. The first-order valence-electron chi connectivity index (χ1n) is 6.08. The van der Waals surface area contributed by atoms with Gasteiger partial charge in [-0.05, 0) is 26.4 Å². The molecule has 1 aromatic heterocycles. The summed E-state index contributed by atoms with van der Waals surface area (Å²) in [5.41, 5.74) is 0. The number of methoxy groups -OCH3 is 1. The van der Waals surface area contributed by atoms with E-state index in [9.17, 15) is 0 Å². The fourth-order valence-corrected chi connectivity index (χ4v) is 1.85. The van der Waals surface area contributed by atoms with E-state index < -0.39 is 0 Å². The third-order valence-electron chi connectivity index (χ3n) is 2.99. The van der Waals surface area contributed by atoms with Crippen LogP contribution in [-0.4, -0.2) is 48.3 Å². The predicted octanol–water partition coefficient (Wildman–Crippen LogP) is 0.994. The van der Waals surface area contributed by atoms with Crippen molar-refractivity contribution in [2.75, 3.05) is 33.3 Å². The van der Waals surface area contributed by atoms with Gasteiger partial charge in [0.05, 0.1) is 6.54 Å². The maximum absolute atomic E-state index is 5.23. The van der Waals surface area contributed by atoms with Crippen LogP contribution < -0.4 is 5.32 Å². The van der Waals surface area contributed by atoms with Crippen molar-refractivity contribution in [3.63, 3.8) is 0 Å². The van der Waals surface area contributed by atoms with E-state index >= 15 is 0 Å². The molecule has 0 aromatic carbocycles. The van der Waals surface area contributed by atoms with E-state index in [4.69, 9.17) is 9.26 Å². The molecule has 18 heavy (non-hydrogen) atoms. The quantitative estimate of drug-likeness (QED) is 0.885. The van der Waals surface area contributed by atoms with Gasteiger partial charge >= 0.3 is 0 Å². The van der Waals surface area contributed by atoms with Crippen molar-refractivity contribution in [2.24, 2.45) is 0 Å². The average Bonchev–Trinajstić information content (AvgIpc) is 2.65. The van der Waals surface area contributed by atoms with E-state index in [2.05, 4.69) is 20.4 Å². The highest BCUT2D eigenvalue weighted by Crippen LogP contribution is 2.12. The van der Waals surface area contributed by atoms with E-state index in [1.165, 1.54) is 0 Å². The number of aromatic nitrogens is 2. The van der Waals surface area contributed by atoms with Crippen molar-refractivity contribution >= 4 is 12.4 Å². The summed E-state index contributed by atoms with van der Waals surface area (Å²) < 4.78 is 10.4. The van der Waals surface area contributed by atoms with E-state index in [1.807, 2.05) is 6.92 Å². The minimum absolute atomic E-state index is 0. The van der Waals surface area contributed by atoms with Gasteiger partial charge in [0, 0.05) is 20.2 Å². The standard InChI is InChI=1S/C11H20N4O2.ClH/c1-9(16-2)11-13-10(17-14-11)8-15-6-3-4-12-5-7-15;/h9,12H,3-8H2,1-2H3;1H. The van der Waals surface area contributed by atoms with Crippen molar-refractivity contribution in [3.05, 3.63) is 11.7 Å². The Morgan fingerprint density at radius 3 is 3.06 bits per heavy atom. The first-order chi connectivity index (χ1) is 8.29. The van der Waals surface area contributed by atoms with Crippen molar-refractivity contribution in [1.29, 1.82) is 0 Å². The molecule has 1 aliphatic heterocycles. The fraction of sp³-hybridized carbons (Fsp3) is 0.818. The Morgan fingerprint density at radius 1 is 1.44 bits per heavy atom. The number of hydrogen-bond acceptors (Lipinski definition) is 6. The number of nitrogens with one attached hydrogen (secondary N) is 1. The zero-order valence-electron chi connectivity index (χ0n) is 10.9. The van der Waals surface area contributed by atoms with Gasteiger partial charge in [-0.15, -0.1) is 12.4 Å². The molecule has 2 heterocycles. The Balaban J connectivity index is 0.00000162. The lowest BCUT2D eigenvalue weighted by Crippen LogP contribution is -2.27. The van der Waals surface area contributed by atoms with Crippen LogP contribution in [0.5, 0.6) is 0 Å². The van der Waals surface area contributed by atoms with Gasteiger partial charge < -0.3 is 14.6 Å². The maximum atomic E-state index is 5.23. The molecule has 0 amide bonds. The topological polar surface area (TPSA) is 63.4 Å². The second-order valence-corrected chi connectivity index (χ2v) is 4.30. The molecule has 1 N–H and O–H groups in total. The minimum atomic E-state index is -0.113. The Labute approximate surface area is 113 Å². The third-order valence-corrected chi connectivity index (χ3v) is 2.99. The second kappa shape index (κ2) is 7.68. The number of hydrogen-bond donors (Lipinski definition) is 1. The van der Waals surface area contributed by atoms with E-state index in [0.717, 1.165) is 39.1 Å².